The summed E-state index contributed by atoms with van der Waals surface area (Å²) in [5.74, 6) is -0.261. The van der Waals surface area contributed by atoms with E-state index in [1.807, 2.05) is 6.92 Å². The molecule has 0 saturated heterocycles. The molecular formula is C15H25FN2O2. The van der Waals surface area contributed by atoms with Crippen LogP contribution in [0.1, 0.15) is 24.9 Å². The Hall–Kier alpha value is -1.01. The maximum Gasteiger partial charge on any atom is 0.123 e. The third-order valence-electron chi connectivity index (χ3n) is 3.45. The van der Waals surface area contributed by atoms with Crippen LogP contribution in [0.3, 0.4) is 0 Å². The normalized spacial score (nSPS) is 14.5. The lowest BCUT2D eigenvalue weighted by Gasteiger charge is -2.35. The summed E-state index contributed by atoms with van der Waals surface area (Å²) in [7, 11) is 1.64. The molecule has 0 aromatic heterocycles. The Labute approximate surface area is 120 Å². The van der Waals surface area contributed by atoms with E-state index in [1.165, 1.54) is 12.1 Å². The molecule has 0 bridgehead atoms. The van der Waals surface area contributed by atoms with Crippen molar-refractivity contribution in [2.75, 3.05) is 33.4 Å². The largest absolute Gasteiger partial charge is 0.395 e. The SMILES string of the molecule is CCC(N)C(c1ccc(F)cc1)N(CCO)CCOC. The van der Waals surface area contributed by atoms with Gasteiger partial charge in [-0.15, -0.1) is 0 Å². The number of nitrogens with zero attached hydrogens (tertiary/aromatic N) is 1. The van der Waals surface area contributed by atoms with Crippen LogP contribution in [0, 0.1) is 5.82 Å². The second-order valence-electron chi connectivity index (χ2n) is 4.82. The van der Waals surface area contributed by atoms with Crippen LogP contribution in [-0.4, -0.2) is 49.5 Å². The first-order valence-corrected chi connectivity index (χ1v) is 6.98. The van der Waals surface area contributed by atoms with E-state index in [-0.39, 0.29) is 24.5 Å². The first-order valence-electron chi connectivity index (χ1n) is 6.98. The molecule has 0 spiro atoms. The number of halogens is 1. The summed E-state index contributed by atoms with van der Waals surface area (Å²) in [6.07, 6.45) is 0.803. The zero-order valence-corrected chi connectivity index (χ0v) is 12.3. The molecule has 0 saturated carbocycles. The maximum atomic E-state index is 13.1. The monoisotopic (exact) mass is 284 g/mol. The van der Waals surface area contributed by atoms with E-state index >= 15 is 0 Å². The number of aliphatic hydroxyl groups is 1. The number of hydrogen-bond donors (Lipinski definition) is 2. The van der Waals surface area contributed by atoms with Gasteiger partial charge in [0.25, 0.3) is 0 Å². The van der Waals surface area contributed by atoms with E-state index in [9.17, 15) is 9.50 Å². The Kier molecular flexibility index (Phi) is 7.69. The molecule has 0 fully saturated rings. The molecule has 0 radical (unpaired) electrons. The summed E-state index contributed by atoms with van der Waals surface area (Å²) in [5.41, 5.74) is 7.20. The highest BCUT2D eigenvalue weighted by molar-refractivity contribution is 5.21. The summed E-state index contributed by atoms with van der Waals surface area (Å²) in [6.45, 7) is 3.83. The van der Waals surface area contributed by atoms with Crippen LogP contribution < -0.4 is 5.73 Å². The Morgan fingerprint density at radius 2 is 1.95 bits per heavy atom. The van der Waals surface area contributed by atoms with Gasteiger partial charge in [0, 0.05) is 26.2 Å². The molecule has 1 aromatic rings. The number of benzene rings is 1. The first kappa shape index (κ1) is 17.0. The number of hydrogen-bond acceptors (Lipinski definition) is 4. The van der Waals surface area contributed by atoms with E-state index in [2.05, 4.69) is 4.90 Å². The second kappa shape index (κ2) is 9.02. The molecule has 0 amide bonds. The molecule has 1 rings (SSSR count). The van der Waals surface area contributed by atoms with Gasteiger partial charge in [0.1, 0.15) is 5.82 Å². The summed E-state index contributed by atoms with van der Waals surface area (Å²) in [6, 6.07) is 6.27. The van der Waals surface area contributed by atoms with E-state index < -0.39 is 0 Å². The van der Waals surface area contributed by atoms with Crippen molar-refractivity contribution in [3.05, 3.63) is 35.6 Å². The molecule has 0 heterocycles. The lowest BCUT2D eigenvalue weighted by Crippen LogP contribution is -2.43. The molecule has 2 unspecified atom stereocenters. The molecule has 5 heteroatoms. The Morgan fingerprint density at radius 3 is 2.45 bits per heavy atom. The average Bonchev–Trinajstić information content (AvgIpc) is 2.46. The smallest absolute Gasteiger partial charge is 0.123 e. The van der Waals surface area contributed by atoms with E-state index in [0.29, 0.717) is 19.7 Å². The molecule has 2 atom stereocenters. The summed E-state index contributed by atoms with van der Waals surface area (Å²) in [4.78, 5) is 2.09. The zero-order valence-electron chi connectivity index (χ0n) is 12.3. The summed E-state index contributed by atoms with van der Waals surface area (Å²) >= 11 is 0. The second-order valence-corrected chi connectivity index (χ2v) is 4.82. The number of ether oxygens (including phenoxy) is 1. The van der Waals surface area contributed by atoms with Crippen molar-refractivity contribution in [1.82, 2.24) is 4.90 Å². The van der Waals surface area contributed by atoms with Crippen LogP contribution in [-0.2, 0) is 4.74 Å². The fourth-order valence-electron chi connectivity index (χ4n) is 2.34. The van der Waals surface area contributed by atoms with E-state index in [1.54, 1.807) is 19.2 Å². The van der Waals surface area contributed by atoms with Gasteiger partial charge in [-0.2, -0.15) is 0 Å². The van der Waals surface area contributed by atoms with Crippen molar-refractivity contribution < 1.29 is 14.2 Å². The molecule has 4 nitrogen and oxygen atoms in total. The summed E-state index contributed by atoms with van der Waals surface area (Å²) < 4.78 is 18.2. The lowest BCUT2D eigenvalue weighted by molar-refractivity contribution is 0.0899. The van der Waals surface area contributed by atoms with Gasteiger partial charge in [0.15, 0.2) is 0 Å². The maximum absolute atomic E-state index is 13.1. The molecule has 0 aliphatic carbocycles. The minimum Gasteiger partial charge on any atom is -0.395 e. The van der Waals surface area contributed by atoms with Crippen molar-refractivity contribution in [3.8, 4) is 0 Å². The third kappa shape index (κ3) is 4.83. The molecule has 0 aliphatic rings. The topological polar surface area (TPSA) is 58.7 Å². The number of nitrogens with two attached hydrogens (primary N) is 1. The fraction of sp³-hybridized carbons (Fsp3) is 0.600. The fourth-order valence-corrected chi connectivity index (χ4v) is 2.34. The van der Waals surface area contributed by atoms with Crippen LogP contribution in [0.5, 0.6) is 0 Å². The van der Waals surface area contributed by atoms with Crippen molar-refractivity contribution in [2.24, 2.45) is 5.73 Å². The van der Waals surface area contributed by atoms with Gasteiger partial charge in [-0.3, -0.25) is 4.90 Å². The van der Waals surface area contributed by atoms with Gasteiger partial charge < -0.3 is 15.6 Å². The van der Waals surface area contributed by atoms with Crippen LogP contribution >= 0.6 is 0 Å². The molecular weight excluding hydrogens is 259 g/mol. The van der Waals surface area contributed by atoms with Gasteiger partial charge in [-0.05, 0) is 24.1 Å². The minimum absolute atomic E-state index is 0.0529. The van der Waals surface area contributed by atoms with Crippen molar-refractivity contribution in [2.45, 2.75) is 25.4 Å². The number of rotatable bonds is 9. The standard InChI is InChI=1S/C15H25FN2O2/c1-3-14(17)15(12-4-6-13(16)7-5-12)18(8-10-19)9-11-20-2/h4-7,14-15,19H,3,8-11,17H2,1-2H3. The summed E-state index contributed by atoms with van der Waals surface area (Å²) in [5, 5.41) is 9.25. The molecule has 114 valence electrons. The van der Waals surface area contributed by atoms with E-state index in [0.717, 1.165) is 12.0 Å². The Balaban J connectivity index is 2.98. The Morgan fingerprint density at radius 1 is 1.30 bits per heavy atom. The van der Waals surface area contributed by atoms with E-state index in [4.69, 9.17) is 10.5 Å². The third-order valence-corrected chi connectivity index (χ3v) is 3.45. The van der Waals surface area contributed by atoms with Crippen molar-refractivity contribution in [3.63, 3.8) is 0 Å². The molecule has 3 N–H and O–H groups in total. The van der Waals surface area contributed by atoms with Crippen LogP contribution in [0.4, 0.5) is 4.39 Å². The predicted molar refractivity (Wildman–Crippen MR) is 77.9 cm³/mol. The van der Waals surface area contributed by atoms with Crippen LogP contribution in [0.2, 0.25) is 0 Å². The van der Waals surface area contributed by atoms with Gasteiger partial charge in [0.2, 0.25) is 0 Å². The lowest BCUT2D eigenvalue weighted by atomic mass is 9.96. The molecule has 1 aromatic carbocycles. The quantitative estimate of drug-likeness (QED) is 0.722. The van der Waals surface area contributed by atoms with Crippen molar-refractivity contribution in [1.29, 1.82) is 0 Å². The van der Waals surface area contributed by atoms with Crippen LogP contribution in [0.25, 0.3) is 0 Å². The number of methoxy groups -OCH3 is 1. The Bertz CT molecular complexity index is 373. The highest BCUT2D eigenvalue weighted by Crippen LogP contribution is 2.25. The van der Waals surface area contributed by atoms with Gasteiger partial charge in [0.05, 0.1) is 19.3 Å². The number of aliphatic hydroxyl groups excluding tert-OH is 1. The highest BCUT2D eigenvalue weighted by atomic mass is 19.1. The predicted octanol–water partition coefficient (Wildman–Crippen LogP) is 1.54. The minimum atomic E-state index is -0.261. The average molecular weight is 284 g/mol. The molecule has 20 heavy (non-hydrogen) atoms. The van der Waals surface area contributed by atoms with Crippen molar-refractivity contribution >= 4 is 0 Å². The molecule has 0 aliphatic heterocycles. The van der Waals surface area contributed by atoms with Crippen LogP contribution in [0.15, 0.2) is 24.3 Å². The zero-order chi connectivity index (χ0) is 15.0. The van der Waals surface area contributed by atoms with Gasteiger partial charge in [-0.25, -0.2) is 4.39 Å². The first-order chi connectivity index (χ1) is 9.63. The highest BCUT2D eigenvalue weighted by Gasteiger charge is 2.25. The van der Waals surface area contributed by atoms with Gasteiger partial charge in [-0.1, -0.05) is 19.1 Å². The van der Waals surface area contributed by atoms with Gasteiger partial charge >= 0.3 is 0 Å².